The minimum Gasteiger partial charge on any atom is -0.496 e. The first-order valence-electron chi connectivity index (χ1n) is 10.1. The summed E-state index contributed by atoms with van der Waals surface area (Å²) in [4.78, 5) is 24.3. The second kappa shape index (κ2) is 9.05. The Labute approximate surface area is 179 Å². The molecule has 2 aromatic heterocycles. The Kier molecular flexibility index (Phi) is 6.03. The molecule has 0 spiro atoms. The first-order chi connectivity index (χ1) is 15.1. The zero-order valence-corrected chi connectivity index (χ0v) is 17.4. The van der Waals surface area contributed by atoms with Crippen molar-refractivity contribution in [3.05, 3.63) is 53.9 Å². The number of carbonyl (C=O) groups is 1. The van der Waals surface area contributed by atoms with E-state index in [1.807, 2.05) is 13.0 Å². The number of aromatic nitrogens is 3. The molecule has 9 nitrogen and oxygen atoms in total. The van der Waals surface area contributed by atoms with Crippen LogP contribution in [-0.4, -0.2) is 45.9 Å². The van der Waals surface area contributed by atoms with Crippen molar-refractivity contribution in [3.63, 3.8) is 0 Å². The number of H-pyrrole nitrogens is 1. The number of para-hydroxylation sites is 1. The smallest absolute Gasteiger partial charge is 0.414 e. The van der Waals surface area contributed by atoms with Gasteiger partial charge in [0.1, 0.15) is 5.75 Å². The van der Waals surface area contributed by atoms with E-state index >= 15 is 0 Å². The third kappa shape index (κ3) is 4.95. The normalized spacial score (nSPS) is 14.0. The highest BCUT2D eigenvalue weighted by molar-refractivity contribution is 5.72. The van der Waals surface area contributed by atoms with Gasteiger partial charge in [0.2, 0.25) is 11.8 Å². The maximum Gasteiger partial charge on any atom is 0.414 e. The molecule has 4 rings (SSSR count). The lowest BCUT2D eigenvalue weighted by Crippen LogP contribution is -2.33. The number of amides is 1. The number of nitrogens with zero attached hydrogens (tertiary/aromatic N) is 2. The molecule has 162 valence electrons. The molecule has 1 amide bonds. The molecule has 0 saturated heterocycles. The van der Waals surface area contributed by atoms with E-state index in [2.05, 4.69) is 25.6 Å². The minimum absolute atomic E-state index is 0.263. The van der Waals surface area contributed by atoms with Crippen molar-refractivity contribution in [2.75, 3.05) is 19.0 Å². The van der Waals surface area contributed by atoms with E-state index < -0.39 is 12.1 Å². The van der Waals surface area contributed by atoms with Gasteiger partial charge in [-0.25, -0.2) is 14.8 Å². The predicted octanol–water partition coefficient (Wildman–Crippen LogP) is 3.19. The molecule has 0 bridgehead atoms. The minimum atomic E-state index is -0.700. The van der Waals surface area contributed by atoms with Crippen molar-refractivity contribution in [1.29, 1.82) is 0 Å². The molecular weight excluding hydrogens is 398 g/mol. The number of aryl methyl sites for hydroxylation is 1. The van der Waals surface area contributed by atoms with Crippen molar-refractivity contribution < 1.29 is 19.4 Å². The largest absolute Gasteiger partial charge is 0.496 e. The summed E-state index contributed by atoms with van der Waals surface area (Å²) < 4.78 is 10.7. The Morgan fingerprint density at radius 2 is 2.16 bits per heavy atom. The molecule has 1 unspecified atom stereocenters. The van der Waals surface area contributed by atoms with Gasteiger partial charge in [0.05, 0.1) is 25.5 Å². The van der Waals surface area contributed by atoms with Crippen LogP contribution in [0.1, 0.15) is 30.0 Å². The van der Waals surface area contributed by atoms with Gasteiger partial charge < -0.3 is 30.2 Å². The topological polar surface area (TPSA) is 121 Å². The fourth-order valence-corrected chi connectivity index (χ4v) is 3.23. The van der Waals surface area contributed by atoms with Crippen LogP contribution in [0.3, 0.4) is 0 Å². The number of anilines is 1. The fourth-order valence-electron chi connectivity index (χ4n) is 3.23. The Balaban J connectivity index is 1.44. The summed E-state index contributed by atoms with van der Waals surface area (Å²) in [6.07, 6.45) is 5.06. The fraction of sp³-hybridized carbons (Fsp3) is 0.318. The van der Waals surface area contributed by atoms with Gasteiger partial charge in [-0.1, -0.05) is 18.2 Å². The molecule has 2 heterocycles. The molecule has 1 fully saturated rings. The summed E-state index contributed by atoms with van der Waals surface area (Å²) in [5.41, 5.74) is 3.11. The molecule has 1 aliphatic carbocycles. The van der Waals surface area contributed by atoms with E-state index in [9.17, 15) is 9.90 Å². The Morgan fingerprint density at radius 1 is 1.35 bits per heavy atom. The van der Waals surface area contributed by atoms with Crippen molar-refractivity contribution in [1.82, 2.24) is 20.3 Å². The average Bonchev–Trinajstić information content (AvgIpc) is 3.48. The molecule has 0 aliphatic heterocycles. The number of aliphatic hydroxyl groups excluding tert-OH is 1. The van der Waals surface area contributed by atoms with Gasteiger partial charge in [-0.2, -0.15) is 0 Å². The third-order valence-electron chi connectivity index (χ3n) is 5.00. The predicted molar refractivity (Wildman–Crippen MR) is 115 cm³/mol. The lowest BCUT2D eigenvalue weighted by atomic mass is 10.1. The quantitative estimate of drug-likeness (QED) is 0.439. The van der Waals surface area contributed by atoms with Crippen LogP contribution in [0.15, 0.2) is 42.7 Å². The number of hydrogen-bond acceptors (Lipinski definition) is 7. The van der Waals surface area contributed by atoms with Crippen LogP contribution in [0, 0.1) is 6.92 Å². The zero-order chi connectivity index (χ0) is 21.8. The van der Waals surface area contributed by atoms with E-state index in [1.54, 1.807) is 36.7 Å². The highest BCUT2D eigenvalue weighted by Crippen LogP contribution is 2.28. The Hall–Kier alpha value is -3.59. The number of aliphatic hydroxyl groups is 1. The van der Waals surface area contributed by atoms with Crippen molar-refractivity contribution in [2.45, 2.75) is 31.8 Å². The number of nitrogens with one attached hydrogen (secondary N) is 3. The van der Waals surface area contributed by atoms with E-state index in [0.717, 1.165) is 29.7 Å². The molecule has 1 saturated carbocycles. The molecule has 4 N–H and O–H groups in total. The van der Waals surface area contributed by atoms with Gasteiger partial charge in [-0.3, -0.25) is 0 Å². The van der Waals surface area contributed by atoms with Gasteiger partial charge >= 0.3 is 6.09 Å². The van der Waals surface area contributed by atoms with Crippen LogP contribution in [0.5, 0.6) is 11.6 Å². The zero-order valence-electron chi connectivity index (χ0n) is 17.4. The van der Waals surface area contributed by atoms with Crippen LogP contribution in [0.2, 0.25) is 0 Å². The summed E-state index contributed by atoms with van der Waals surface area (Å²) in [5, 5.41) is 15.7. The second-order valence-corrected chi connectivity index (χ2v) is 7.41. The summed E-state index contributed by atoms with van der Waals surface area (Å²) >= 11 is 0. The molecule has 9 heteroatoms. The summed E-state index contributed by atoms with van der Waals surface area (Å²) in [7, 11) is 1.53. The van der Waals surface area contributed by atoms with Gasteiger partial charge in [0, 0.05) is 35.6 Å². The van der Waals surface area contributed by atoms with Crippen LogP contribution in [-0.2, 0) is 0 Å². The summed E-state index contributed by atoms with van der Waals surface area (Å²) in [5.74, 6) is 1.42. The van der Waals surface area contributed by atoms with Gasteiger partial charge in [-0.05, 0) is 31.4 Å². The highest BCUT2D eigenvalue weighted by Gasteiger charge is 2.23. The van der Waals surface area contributed by atoms with Gasteiger partial charge in [0.25, 0.3) is 0 Å². The Bertz CT molecular complexity index is 1060. The summed E-state index contributed by atoms with van der Waals surface area (Å²) in [6, 6.07) is 8.64. The van der Waals surface area contributed by atoms with E-state index in [0.29, 0.717) is 23.3 Å². The van der Waals surface area contributed by atoms with E-state index in [1.165, 1.54) is 7.11 Å². The van der Waals surface area contributed by atoms with Crippen molar-refractivity contribution >= 4 is 12.0 Å². The Morgan fingerprint density at radius 3 is 2.90 bits per heavy atom. The number of ether oxygens (including phenoxy) is 2. The third-order valence-corrected chi connectivity index (χ3v) is 5.00. The van der Waals surface area contributed by atoms with Crippen LogP contribution < -0.4 is 20.1 Å². The highest BCUT2D eigenvalue weighted by atomic mass is 16.6. The molecule has 3 aromatic rings. The van der Waals surface area contributed by atoms with Crippen molar-refractivity contribution in [2.24, 2.45) is 0 Å². The molecule has 31 heavy (non-hydrogen) atoms. The van der Waals surface area contributed by atoms with Crippen molar-refractivity contribution in [3.8, 4) is 22.9 Å². The first kappa shape index (κ1) is 20.7. The lowest BCUT2D eigenvalue weighted by molar-refractivity contribution is 0.181. The molecule has 1 aliphatic rings. The van der Waals surface area contributed by atoms with Gasteiger partial charge in [-0.15, -0.1) is 0 Å². The standard InChI is InChI=1S/C22H25N5O4/c1-13-10-24-21(25-15-7-8-15)27-20(13)14-9-19(23-11-14)31-22(29)26-17(12-28)16-5-3-4-6-18(16)30-2/h3-6,9-11,15,17,23,28H,7-8,12H2,1-2H3,(H,26,29)(H,24,25,27). The number of carbonyl (C=O) groups excluding carboxylic acids is 1. The molecule has 1 aromatic carbocycles. The van der Waals surface area contributed by atoms with E-state index in [-0.39, 0.29) is 12.5 Å². The maximum atomic E-state index is 12.4. The van der Waals surface area contributed by atoms with Gasteiger partial charge in [0.15, 0.2) is 0 Å². The summed E-state index contributed by atoms with van der Waals surface area (Å²) in [6.45, 7) is 1.62. The number of rotatable bonds is 8. The molecule has 1 atom stereocenters. The SMILES string of the molecule is COc1ccccc1C(CO)NC(=O)Oc1cc(-c2nc(NC3CC3)ncc2C)c[nH]1. The molecular formula is C22H25N5O4. The monoisotopic (exact) mass is 423 g/mol. The van der Waals surface area contributed by atoms with Crippen LogP contribution in [0.25, 0.3) is 11.3 Å². The number of hydrogen-bond donors (Lipinski definition) is 4. The molecule has 0 radical (unpaired) electrons. The number of methoxy groups -OCH3 is 1. The number of aromatic amines is 1. The van der Waals surface area contributed by atoms with E-state index in [4.69, 9.17) is 9.47 Å². The first-order valence-corrected chi connectivity index (χ1v) is 10.1. The second-order valence-electron chi connectivity index (χ2n) is 7.41. The van der Waals surface area contributed by atoms with Crippen LogP contribution in [0.4, 0.5) is 10.7 Å². The lowest BCUT2D eigenvalue weighted by Gasteiger charge is -2.18. The average molecular weight is 423 g/mol. The van der Waals surface area contributed by atoms with Crippen LogP contribution >= 0.6 is 0 Å². The number of benzene rings is 1. The maximum absolute atomic E-state index is 12.4.